The minimum atomic E-state index is 0.438. The number of rotatable bonds is 3. The van der Waals surface area contributed by atoms with Crippen molar-refractivity contribution in [3.8, 4) is 33.8 Å². The van der Waals surface area contributed by atoms with Crippen LogP contribution >= 0.6 is 22.9 Å². The lowest BCUT2D eigenvalue weighted by atomic mass is 10.0. The van der Waals surface area contributed by atoms with Crippen LogP contribution in [0.5, 0.6) is 0 Å². The second-order valence-corrected chi connectivity index (χ2v) is 9.07. The van der Waals surface area contributed by atoms with Gasteiger partial charge >= 0.3 is 0 Å². The van der Waals surface area contributed by atoms with E-state index in [1.807, 2.05) is 36.4 Å². The van der Waals surface area contributed by atoms with E-state index in [2.05, 4.69) is 71.7 Å². The summed E-state index contributed by atoms with van der Waals surface area (Å²) in [5.74, 6) is 0.628. The summed E-state index contributed by atoms with van der Waals surface area (Å²) in [7, 11) is 0. The van der Waals surface area contributed by atoms with Gasteiger partial charge in [-0.25, -0.2) is 9.97 Å². The summed E-state index contributed by atoms with van der Waals surface area (Å²) in [5, 5.41) is 2.95. The van der Waals surface area contributed by atoms with E-state index in [9.17, 15) is 0 Å². The summed E-state index contributed by atoms with van der Waals surface area (Å²) in [5.41, 5.74) is 5.14. The number of thiophene rings is 1. The highest BCUT2D eigenvalue weighted by atomic mass is 35.5. The van der Waals surface area contributed by atoms with E-state index < -0.39 is 0 Å². The molecule has 0 aliphatic carbocycles. The molecule has 0 N–H and O–H groups in total. The molecule has 0 saturated heterocycles. The molecule has 2 aromatic heterocycles. The maximum Gasteiger partial charge on any atom is 0.161 e. The maximum absolute atomic E-state index is 6.49. The summed E-state index contributed by atoms with van der Waals surface area (Å²) in [4.78, 5) is 9.49. The Balaban J connectivity index is 1.51. The van der Waals surface area contributed by atoms with Gasteiger partial charge in [0.15, 0.2) is 5.82 Å². The van der Waals surface area contributed by atoms with Crippen molar-refractivity contribution in [3.63, 3.8) is 0 Å². The van der Waals surface area contributed by atoms with Crippen LogP contribution in [0, 0.1) is 0 Å². The molecule has 0 amide bonds. The Kier molecular flexibility index (Phi) is 4.71. The number of aromatic nitrogens is 2. The van der Waals surface area contributed by atoms with Crippen molar-refractivity contribution in [2.75, 3.05) is 0 Å². The standard InChI is InChI=1S/C28H17ClN2S/c29-26-17-24(23-14-7-13-22-21-12-4-5-15-25(21)32-27(22)23)30-28(31-26)20-11-6-10-19(16-20)18-8-2-1-3-9-18/h1-17H. The molecule has 4 heteroatoms. The van der Waals surface area contributed by atoms with Crippen molar-refractivity contribution >= 4 is 43.1 Å². The van der Waals surface area contributed by atoms with Gasteiger partial charge in [-0.1, -0.05) is 96.5 Å². The summed E-state index contributed by atoms with van der Waals surface area (Å²) in [6, 6.07) is 35.3. The van der Waals surface area contributed by atoms with Crippen LogP contribution in [0.4, 0.5) is 0 Å². The first-order valence-corrected chi connectivity index (χ1v) is 11.6. The van der Waals surface area contributed by atoms with E-state index in [1.165, 1.54) is 20.2 Å². The molecule has 0 spiro atoms. The molecule has 2 nitrogen and oxygen atoms in total. The van der Waals surface area contributed by atoms with Crippen molar-refractivity contribution < 1.29 is 0 Å². The van der Waals surface area contributed by atoms with Gasteiger partial charge < -0.3 is 0 Å². The van der Waals surface area contributed by atoms with Crippen molar-refractivity contribution in [1.29, 1.82) is 0 Å². The van der Waals surface area contributed by atoms with Gasteiger partial charge in [-0.3, -0.25) is 0 Å². The normalized spacial score (nSPS) is 11.3. The molecule has 0 unspecified atom stereocenters. The van der Waals surface area contributed by atoms with Gasteiger partial charge in [0.1, 0.15) is 5.15 Å². The van der Waals surface area contributed by atoms with Crippen LogP contribution in [0.15, 0.2) is 103 Å². The van der Waals surface area contributed by atoms with Gasteiger partial charge in [-0.15, -0.1) is 11.3 Å². The molecule has 0 atom stereocenters. The molecule has 4 aromatic carbocycles. The molecule has 0 radical (unpaired) electrons. The Morgan fingerprint density at radius 3 is 2.22 bits per heavy atom. The van der Waals surface area contributed by atoms with E-state index in [0.717, 1.165) is 27.9 Å². The van der Waals surface area contributed by atoms with Gasteiger partial charge in [-0.2, -0.15) is 0 Å². The van der Waals surface area contributed by atoms with Crippen LogP contribution in [0.25, 0.3) is 53.9 Å². The van der Waals surface area contributed by atoms with Crippen molar-refractivity contribution in [2.24, 2.45) is 0 Å². The third kappa shape index (κ3) is 3.36. The fourth-order valence-corrected chi connectivity index (χ4v) is 5.51. The average molecular weight is 449 g/mol. The molecule has 0 fully saturated rings. The zero-order chi connectivity index (χ0) is 21.5. The lowest BCUT2D eigenvalue weighted by molar-refractivity contribution is 1.18. The molecule has 0 aliphatic heterocycles. The number of fused-ring (bicyclic) bond motifs is 3. The van der Waals surface area contributed by atoms with Gasteiger partial charge in [-0.05, 0) is 23.3 Å². The van der Waals surface area contributed by atoms with E-state index in [1.54, 1.807) is 11.3 Å². The highest BCUT2D eigenvalue weighted by Gasteiger charge is 2.14. The topological polar surface area (TPSA) is 25.8 Å². The van der Waals surface area contributed by atoms with Crippen LogP contribution in [-0.2, 0) is 0 Å². The molecule has 0 bridgehead atoms. The second-order valence-electron chi connectivity index (χ2n) is 7.63. The highest BCUT2D eigenvalue weighted by molar-refractivity contribution is 7.26. The number of hydrogen-bond donors (Lipinski definition) is 0. The Labute approximate surface area is 194 Å². The number of hydrogen-bond acceptors (Lipinski definition) is 3. The highest BCUT2D eigenvalue weighted by Crippen LogP contribution is 2.40. The molecule has 6 aromatic rings. The Morgan fingerprint density at radius 2 is 1.31 bits per heavy atom. The maximum atomic E-state index is 6.49. The molecular weight excluding hydrogens is 432 g/mol. The Morgan fingerprint density at radius 1 is 0.594 bits per heavy atom. The molecule has 32 heavy (non-hydrogen) atoms. The van der Waals surface area contributed by atoms with Gasteiger partial charge in [0.2, 0.25) is 0 Å². The zero-order valence-corrected chi connectivity index (χ0v) is 18.6. The summed E-state index contributed by atoms with van der Waals surface area (Å²) >= 11 is 8.28. The third-order valence-electron chi connectivity index (χ3n) is 5.60. The molecule has 6 rings (SSSR count). The zero-order valence-electron chi connectivity index (χ0n) is 17.0. The molecule has 0 saturated carbocycles. The predicted octanol–water partition coefficient (Wildman–Crippen LogP) is 8.50. The Hall–Kier alpha value is -3.53. The first-order chi connectivity index (χ1) is 15.8. The monoisotopic (exact) mass is 448 g/mol. The fraction of sp³-hybridized carbons (Fsp3) is 0. The van der Waals surface area contributed by atoms with Crippen molar-refractivity contribution in [3.05, 3.63) is 108 Å². The molecule has 0 aliphatic rings. The van der Waals surface area contributed by atoms with Crippen LogP contribution < -0.4 is 0 Å². The van der Waals surface area contributed by atoms with E-state index in [4.69, 9.17) is 16.6 Å². The lowest BCUT2D eigenvalue weighted by Crippen LogP contribution is -1.93. The summed E-state index contributed by atoms with van der Waals surface area (Å²) in [6.07, 6.45) is 0. The van der Waals surface area contributed by atoms with Crippen LogP contribution in [0.2, 0.25) is 5.15 Å². The lowest BCUT2D eigenvalue weighted by Gasteiger charge is -2.08. The van der Waals surface area contributed by atoms with Crippen LogP contribution in [0.1, 0.15) is 0 Å². The minimum Gasteiger partial charge on any atom is -0.228 e. The number of benzene rings is 4. The van der Waals surface area contributed by atoms with Crippen LogP contribution in [0.3, 0.4) is 0 Å². The first kappa shape index (κ1) is 19.2. The SMILES string of the molecule is Clc1cc(-c2cccc3c2sc2ccccc23)nc(-c2cccc(-c3ccccc3)c2)n1. The van der Waals surface area contributed by atoms with Gasteiger partial charge in [0.05, 0.1) is 5.69 Å². The van der Waals surface area contributed by atoms with Crippen LogP contribution in [-0.4, -0.2) is 9.97 Å². The summed E-state index contributed by atoms with van der Waals surface area (Å²) < 4.78 is 2.48. The smallest absolute Gasteiger partial charge is 0.161 e. The van der Waals surface area contributed by atoms with Crippen molar-refractivity contribution in [1.82, 2.24) is 9.97 Å². The average Bonchev–Trinajstić information content (AvgIpc) is 3.23. The third-order valence-corrected chi connectivity index (χ3v) is 7.02. The second kappa shape index (κ2) is 7.86. The van der Waals surface area contributed by atoms with Crippen molar-refractivity contribution in [2.45, 2.75) is 0 Å². The Bertz CT molecular complexity index is 1590. The van der Waals surface area contributed by atoms with E-state index >= 15 is 0 Å². The minimum absolute atomic E-state index is 0.438. The number of nitrogens with zero attached hydrogens (tertiary/aromatic N) is 2. The fourth-order valence-electron chi connectivity index (χ4n) is 4.10. The molecule has 2 heterocycles. The van der Waals surface area contributed by atoms with Gasteiger partial charge in [0.25, 0.3) is 0 Å². The predicted molar refractivity (Wildman–Crippen MR) is 136 cm³/mol. The van der Waals surface area contributed by atoms with E-state index in [0.29, 0.717) is 11.0 Å². The van der Waals surface area contributed by atoms with E-state index in [-0.39, 0.29) is 0 Å². The quantitative estimate of drug-likeness (QED) is 0.253. The largest absolute Gasteiger partial charge is 0.228 e. The number of halogens is 1. The molecule has 152 valence electrons. The summed E-state index contributed by atoms with van der Waals surface area (Å²) in [6.45, 7) is 0. The molecular formula is C28H17ClN2S. The first-order valence-electron chi connectivity index (χ1n) is 10.4. The van der Waals surface area contributed by atoms with Gasteiger partial charge in [0, 0.05) is 37.4 Å².